The molecule has 1 aliphatic rings. The van der Waals surface area contributed by atoms with Crippen LogP contribution in [0.3, 0.4) is 0 Å². The van der Waals surface area contributed by atoms with E-state index in [4.69, 9.17) is 4.74 Å². The van der Waals surface area contributed by atoms with Crippen LogP contribution in [0.5, 0.6) is 0 Å². The topological polar surface area (TPSA) is 21.3 Å². The summed E-state index contributed by atoms with van der Waals surface area (Å²) in [4.78, 5) is 0. The molecule has 0 heterocycles. The second kappa shape index (κ2) is 6.41. The van der Waals surface area contributed by atoms with Gasteiger partial charge in [0.1, 0.15) is 0 Å². The number of hydrogen-bond donors (Lipinski definition) is 1. The summed E-state index contributed by atoms with van der Waals surface area (Å²) in [6, 6.07) is 0.731. The zero-order valence-corrected chi connectivity index (χ0v) is 9.88. The van der Waals surface area contributed by atoms with Crippen molar-refractivity contribution in [3.05, 3.63) is 0 Å². The SMILES string of the molecule is CCOCCNC1C[C@@H](C)C[C@@H](C)C1. The van der Waals surface area contributed by atoms with Crippen molar-refractivity contribution in [3.63, 3.8) is 0 Å². The molecule has 1 unspecified atom stereocenters. The average molecular weight is 199 g/mol. The van der Waals surface area contributed by atoms with Gasteiger partial charge in [0.25, 0.3) is 0 Å². The third-order valence-electron chi connectivity index (χ3n) is 3.06. The zero-order valence-electron chi connectivity index (χ0n) is 9.88. The van der Waals surface area contributed by atoms with E-state index >= 15 is 0 Å². The van der Waals surface area contributed by atoms with Crippen molar-refractivity contribution < 1.29 is 4.74 Å². The zero-order chi connectivity index (χ0) is 10.4. The Labute approximate surface area is 88.4 Å². The first-order valence-corrected chi connectivity index (χ1v) is 6.03. The van der Waals surface area contributed by atoms with Gasteiger partial charge in [-0.05, 0) is 38.0 Å². The van der Waals surface area contributed by atoms with E-state index in [9.17, 15) is 0 Å². The molecule has 2 nitrogen and oxygen atoms in total. The van der Waals surface area contributed by atoms with Crippen molar-refractivity contribution in [3.8, 4) is 0 Å². The first-order chi connectivity index (χ1) is 6.72. The summed E-state index contributed by atoms with van der Waals surface area (Å²) >= 11 is 0. The molecule has 1 N–H and O–H groups in total. The van der Waals surface area contributed by atoms with E-state index in [1.807, 2.05) is 6.92 Å². The van der Waals surface area contributed by atoms with E-state index < -0.39 is 0 Å². The Morgan fingerprint density at radius 2 is 1.79 bits per heavy atom. The van der Waals surface area contributed by atoms with Gasteiger partial charge in [-0.15, -0.1) is 0 Å². The predicted octanol–water partition coefficient (Wildman–Crippen LogP) is 2.44. The molecule has 1 fully saturated rings. The van der Waals surface area contributed by atoms with E-state index in [1.165, 1.54) is 19.3 Å². The maximum atomic E-state index is 5.32. The molecule has 0 saturated heterocycles. The molecule has 0 amide bonds. The molecule has 1 aliphatic carbocycles. The van der Waals surface area contributed by atoms with Gasteiger partial charge in [-0.1, -0.05) is 13.8 Å². The lowest BCUT2D eigenvalue weighted by molar-refractivity contribution is 0.140. The van der Waals surface area contributed by atoms with E-state index in [1.54, 1.807) is 0 Å². The van der Waals surface area contributed by atoms with Crippen molar-refractivity contribution in [2.75, 3.05) is 19.8 Å². The Kier molecular flexibility index (Phi) is 5.49. The van der Waals surface area contributed by atoms with E-state index in [0.717, 1.165) is 37.6 Å². The highest BCUT2D eigenvalue weighted by atomic mass is 16.5. The van der Waals surface area contributed by atoms with Gasteiger partial charge in [0, 0.05) is 19.2 Å². The minimum atomic E-state index is 0.731. The highest BCUT2D eigenvalue weighted by Crippen LogP contribution is 2.28. The largest absolute Gasteiger partial charge is 0.380 e. The van der Waals surface area contributed by atoms with Crippen molar-refractivity contribution in [1.29, 1.82) is 0 Å². The Balaban J connectivity index is 2.10. The minimum Gasteiger partial charge on any atom is -0.380 e. The third-order valence-corrected chi connectivity index (χ3v) is 3.06. The van der Waals surface area contributed by atoms with Gasteiger partial charge in [0.2, 0.25) is 0 Å². The Hall–Kier alpha value is -0.0800. The molecular formula is C12H25NO. The summed E-state index contributed by atoms with van der Waals surface area (Å²) < 4.78 is 5.32. The first-order valence-electron chi connectivity index (χ1n) is 6.03. The van der Waals surface area contributed by atoms with E-state index in [2.05, 4.69) is 19.2 Å². The summed E-state index contributed by atoms with van der Waals surface area (Å²) in [7, 11) is 0. The van der Waals surface area contributed by atoms with Crippen molar-refractivity contribution in [2.24, 2.45) is 11.8 Å². The molecule has 0 spiro atoms. The van der Waals surface area contributed by atoms with Gasteiger partial charge in [-0.2, -0.15) is 0 Å². The van der Waals surface area contributed by atoms with Gasteiger partial charge in [0.15, 0.2) is 0 Å². The van der Waals surface area contributed by atoms with Crippen LogP contribution in [-0.2, 0) is 4.74 Å². The molecule has 0 bridgehead atoms. The summed E-state index contributed by atoms with van der Waals surface area (Å²) in [6.07, 6.45) is 4.09. The molecule has 0 aromatic rings. The maximum absolute atomic E-state index is 5.32. The lowest BCUT2D eigenvalue weighted by Gasteiger charge is -2.32. The summed E-state index contributed by atoms with van der Waals surface area (Å²) in [5.41, 5.74) is 0. The van der Waals surface area contributed by atoms with Crippen LogP contribution in [0, 0.1) is 11.8 Å². The number of nitrogens with one attached hydrogen (secondary N) is 1. The fourth-order valence-corrected chi connectivity index (χ4v) is 2.59. The van der Waals surface area contributed by atoms with Crippen LogP contribution in [0.1, 0.15) is 40.0 Å². The van der Waals surface area contributed by atoms with Gasteiger partial charge in [-0.25, -0.2) is 0 Å². The molecule has 0 aliphatic heterocycles. The maximum Gasteiger partial charge on any atom is 0.0590 e. The normalized spacial score (nSPS) is 33.2. The van der Waals surface area contributed by atoms with Crippen molar-refractivity contribution >= 4 is 0 Å². The Morgan fingerprint density at radius 1 is 1.14 bits per heavy atom. The molecule has 2 heteroatoms. The van der Waals surface area contributed by atoms with E-state index in [0.29, 0.717) is 0 Å². The molecule has 0 aromatic heterocycles. The van der Waals surface area contributed by atoms with Crippen LogP contribution in [0.25, 0.3) is 0 Å². The molecule has 1 saturated carbocycles. The summed E-state index contributed by atoms with van der Waals surface area (Å²) in [6.45, 7) is 9.48. The van der Waals surface area contributed by atoms with Gasteiger partial charge >= 0.3 is 0 Å². The lowest BCUT2D eigenvalue weighted by Crippen LogP contribution is -2.38. The fourth-order valence-electron chi connectivity index (χ4n) is 2.59. The number of hydrogen-bond acceptors (Lipinski definition) is 2. The smallest absolute Gasteiger partial charge is 0.0590 e. The quantitative estimate of drug-likeness (QED) is 0.687. The number of rotatable bonds is 5. The van der Waals surface area contributed by atoms with Crippen LogP contribution in [0.2, 0.25) is 0 Å². The molecule has 84 valence electrons. The Morgan fingerprint density at radius 3 is 2.36 bits per heavy atom. The van der Waals surface area contributed by atoms with Crippen molar-refractivity contribution in [2.45, 2.75) is 46.1 Å². The lowest BCUT2D eigenvalue weighted by atomic mass is 9.80. The van der Waals surface area contributed by atoms with E-state index in [-0.39, 0.29) is 0 Å². The predicted molar refractivity (Wildman–Crippen MR) is 60.5 cm³/mol. The summed E-state index contributed by atoms with van der Waals surface area (Å²) in [5.74, 6) is 1.78. The highest BCUT2D eigenvalue weighted by molar-refractivity contribution is 4.79. The molecule has 3 atom stereocenters. The second-order valence-corrected chi connectivity index (χ2v) is 4.77. The average Bonchev–Trinajstić information content (AvgIpc) is 2.11. The molecule has 14 heavy (non-hydrogen) atoms. The molecule has 1 rings (SSSR count). The molecular weight excluding hydrogens is 174 g/mol. The van der Waals surface area contributed by atoms with Crippen LogP contribution < -0.4 is 5.32 Å². The van der Waals surface area contributed by atoms with Gasteiger partial charge < -0.3 is 10.1 Å². The van der Waals surface area contributed by atoms with Crippen LogP contribution in [-0.4, -0.2) is 25.8 Å². The van der Waals surface area contributed by atoms with Gasteiger partial charge in [-0.3, -0.25) is 0 Å². The Bertz CT molecular complexity index is 139. The van der Waals surface area contributed by atoms with Crippen molar-refractivity contribution in [1.82, 2.24) is 5.32 Å². The monoisotopic (exact) mass is 199 g/mol. The van der Waals surface area contributed by atoms with Crippen LogP contribution in [0.15, 0.2) is 0 Å². The minimum absolute atomic E-state index is 0.731. The summed E-state index contributed by atoms with van der Waals surface area (Å²) in [5, 5.41) is 3.59. The second-order valence-electron chi connectivity index (χ2n) is 4.77. The standard InChI is InChI=1S/C12H25NO/c1-4-14-6-5-13-12-8-10(2)7-11(3)9-12/h10-13H,4-9H2,1-3H3/t10-,11+,12?. The van der Waals surface area contributed by atoms with Gasteiger partial charge in [0.05, 0.1) is 6.61 Å². The fraction of sp³-hybridized carbons (Fsp3) is 1.00. The number of ether oxygens (including phenoxy) is 1. The molecule has 0 aromatic carbocycles. The first kappa shape index (κ1) is 12.0. The van der Waals surface area contributed by atoms with Crippen LogP contribution in [0.4, 0.5) is 0 Å². The third kappa shape index (κ3) is 4.43. The van der Waals surface area contributed by atoms with Crippen LogP contribution >= 0.6 is 0 Å². The molecule has 0 radical (unpaired) electrons. The highest BCUT2D eigenvalue weighted by Gasteiger charge is 2.22.